The van der Waals surface area contributed by atoms with E-state index in [-0.39, 0.29) is 17.8 Å². The van der Waals surface area contributed by atoms with Crippen LogP contribution in [0.5, 0.6) is 0 Å². The molecule has 0 aromatic rings. The molecule has 2 saturated heterocycles. The maximum Gasteiger partial charge on any atom is 0.169 e. The molecule has 2 unspecified atom stereocenters. The van der Waals surface area contributed by atoms with Gasteiger partial charge in [0.25, 0.3) is 0 Å². The fraction of sp³-hybridized carbons (Fsp3) is 0.944. The van der Waals surface area contributed by atoms with Crippen molar-refractivity contribution in [3.05, 3.63) is 0 Å². The zero-order valence-electron chi connectivity index (χ0n) is 15.0. The fourth-order valence-corrected chi connectivity index (χ4v) is 4.07. The highest BCUT2D eigenvalue weighted by molar-refractivity contribution is 5.80. The average Bonchev–Trinajstić information content (AvgIpc) is 2.43. The van der Waals surface area contributed by atoms with Crippen LogP contribution in [0.15, 0.2) is 0 Å². The predicted molar refractivity (Wildman–Crippen MR) is 86.8 cm³/mol. The lowest BCUT2D eigenvalue weighted by Crippen LogP contribution is -2.57. The Bertz CT molecular complexity index is 420. The topological polar surface area (TPSA) is 76.0 Å². The largest absolute Gasteiger partial charge is 0.390 e. The molecule has 0 bridgehead atoms. The maximum atomic E-state index is 11.5. The molecular weight excluding hydrogens is 296 g/mol. The first-order valence-electron chi connectivity index (χ1n) is 8.85. The molecule has 0 aromatic carbocycles. The molecule has 2 N–H and O–H groups in total. The highest BCUT2D eigenvalue weighted by atomic mass is 16.7. The molecule has 2 rings (SSSR count). The van der Waals surface area contributed by atoms with Gasteiger partial charge < -0.3 is 19.7 Å². The zero-order chi connectivity index (χ0) is 17.4. The Labute approximate surface area is 139 Å². The van der Waals surface area contributed by atoms with E-state index >= 15 is 0 Å². The van der Waals surface area contributed by atoms with E-state index in [1.807, 2.05) is 13.8 Å². The Kier molecular flexibility index (Phi) is 5.88. The van der Waals surface area contributed by atoms with Crippen LogP contribution in [0.25, 0.3) is 0 Å². The maximum absolute atomic E-state index is 11.5. The molecule has 0 amide bonds. The van der Waals surface area contributed by atoms with Crippen LogP contribution in [0.4, 0.5) is 0 Å². The van der Waals surface area contributed by atoms with Crippen molar-refractivity contribution < 1.29 is 24.5 Å². The van der Waals surface area contributed by atoms with Gasteiger partial charge in [-0.3, -0.25) is 4.79 Å². The Morgan fingerprint density at radius 1 is 1.04 bits per heavy atom. The Balaban J connectivity index is 2.18. The standard InChI is InChI=1S/C18H32O5/c1-10(2)16(20)14-6-11(3)8-18(22-14)9-12(4)7-15(23-18)17(21)13(5)19/h10-12,14-17,20-21H,6-9H2,1-5H3/t11-,12+,14-,15-,16?,17?,18-/m1/s1. The van der Waals surface area contributed by atoms with E-state index in [0.29, 0.717) is 18.3 Å². The first kappa shape index (κ1) is 18.8. The fourth-order valence-electron chi connectivity index (χ4n) is 4.07. The molecule has 23 heavy (non-hydrogen) atoms. The van der Waals surface area contributed by atoms with Crippen LogP contribution >= 0.6 is 0 Å². The van der Waals surface area contributed by atoms with Crippen LogP contribution < -0.4 is 0 Å². The molecule has 5 heteroatoms. The number of hydrogen-bond donors (Lipinski definition) is 2. The number of aliphatic hydroxyl groups is 2. The Morgan fingerprint density at radius 3 is 2.00 bits per heavy atom. The van der Waals surface area contributed by atoms with Gasteiger partial charge >= 0.3 is 0 Å². The second-order valence-electron chi connectivity index (χ2n) is 8.10. The van der Waals surface area contributed by atoms with E-state index in [4.69, 9.17) is 9.47 Å². The van der Waals surface area contributed by atoms with Crippen molar-refractivity contribution in [1.82, 2.24) is 0 Å². The summed E-state index contributed by atoms with van der Waals surface area (Å²) >= 11 is 0. The molecule has 0 radical (unpaired) electrons. The SMILES string of the molecule is CC(=O)C(O)[C@H]1C[C@H](C)C[C@@]2(C[C@H](C)C[C@H](C(O)C(C)C)O2)O1. The van der Waals surface area contributed by atoms with Crippen LogP contribution in [-0.4, -0.2) is 46.2 Å². The number of Topliss-reactive ketones (excluding diaryl/α,β-unsaturated/α-hetero) is 1. The molecule has 5 nitrogen and oxygen atoms in total. The molecule has 7 atom stereocenters. The van der Waals surface area contributed by atoms with Gasteiger partial charge in [0.1, 0.15) is 6.10 Å². The molecule has 0 aromatic heterocycles. The highest BCUT2D eigenvalue weighted by Crippen LogP contribution is 2.45. The first-order chi connectivity index (χ1) is 10.6. The van der Waals surface area contributed by atoms with Crippen molar-refractivity contribution in [3.8, 4) is 0 Å². The number of carbonyl (C=O) groups is 1. The summed E-state index contributed by atoms with van der Waals surface area (Å²) in [5.41, 5.74) is 0. The van der Waals surface area contributed by atoms with Crippen LogP contribution in [0.1, 0.15) is 60.3 Å². The second kappa shape index (κ2) is 7.18. The third-order valence-electron chi connectivity index (χ3n) is 5.15. The molecule has 0 saturated carbocycles. The lowest BCUT2D eigenvalue weighted by Gasteiger charge is -2.51. The summed E-state index contributed by atoms with van der Waals surface area (Å²) in [7, 11) is 0. The van der Waals surface area contributed by atoms with E-state index < -0.39 is 24.1 Å². The molecule has 2 heterocycles. The number of hydrogen-bond acceptors (Lipinski definition) is 5. The minimum Gasteiger partial charge on any atom is -0.390 e. The molecule has 1 spiro atoms. The van der Waals surface area contributed by atoms with Crippen LogP contribution in [0.2, 0.25) is 0 Å². The van der Waals surface area contributed by atoms with Crippen LogP contribution in [0, 0.1) is 17.8 Å². The van der Waals surface area contributed by atoms with Crippen LogP contribution in [0.3, 0.4) is 0 Å². The van der Waals surface area contributed by atoms with Crippen molar-refractivity contribution >= 4 is 5.78 Å². The van der Waals surface area contributed by atoms with Gasteiger partial charge in [0.15, 0.2) is 11.6 Å². The minimum atomic E-state index is -1.11. The number of ether oxygens (including phenoxy) is 2. The molecular formula is C18H32O5. The number of carbonyl (C=O) groups excluding carboxylic acids is 1. The lowest BCUT2D eigenvalue weighted by molar-refractivity contribution is -0.346. The van der Waals surface area contributed by atoms with E-state index in [2.05, 4.69) is 13.8 Å². The molecule has 2 fully saturated rings. The molecule has 134 valence electrons. The second-order valence-corrected chi connectivity index (χ2v) is 8.10. The summed E-state index contributed by atoms with van der Waals surface area (Å²) in [5, 5.41) is 20.6. The summed E-state index contributed by atoms with van der Waals surface area (Å²) in [6.45, 7) is 9.58. The Morgan fingerprint density at radius 2 is 1.52 bits per heavy atom. The van der Waals surface area contributed by atoms with Crippen LogP contribution in [-0.2, 0) is 14.3 Å². The Hall–Kier alpha value is -0.490. The average molecular weight is 328 g/mol. The number of aliphatic hydroxyl groups excluding tert-OH is 2. The number of ketones is 1. The lowest BCUT2D eigenvalue weighted by atomic mass is 9.80. The van der Waals surface area contributed by atoms with Gasteiger partial charge in [0.05, 0.1) is 18.3 Å². The summed E-state index contributed by atoms with van der Waals surface area (Å²) in [6.07, 6.45) is 0.490. The van der Waals surface area contributed by atoms with Gasteiger partial charge in [0.2, 0.25) is 0 Å². The normalized spacial score (nSPS) is 41.0. The van der Waals surface area contributed by atoms with E-state index in [1.54, 1.807) is 0 Å². The third-order valence-corrected chi connectivity index (χ3v) is 5.15. The van der Waals surface area contributed by atoms with E-state index in [0.717, 1.165) is 19.3 Å². The van der Waals surface area contributed by atoms with Crippen molar-refractivity contribution in [2.75, 3.05) is 0 Å². The van der Waals surface area contributed by atoms with E-state index in [1.165, 1.54) is 6.92 Å². The van der Waals surface area contributed by atoms with Gasteiger partial charge in [-0.2, -0.15) is 0 Å². The third kappa shape index (κ3) is 4.32. The summed E-state index contributed by atoms with van der Waals surface area (Å²) in [6, 6.07) is 0. The van der Waals surface area contributed by atoms with Crippen molar-refractivity contribution in [1.29, 1.82) is 0 Å². The highest BCUT2D eigenvalue weighted by Gasteiger charge is 2.49. The first-order valence-corrected chi connectivity index (χ1v) is 8.85. The summed E-state index contributed by atoms with van der Waals surface area (Å²) in [5.74, 6) is -0.298. The summed E-state index contributed by atoms with van der Waals surface area (Å²) in [4.78, 5) is 11.5. The smallest absolute Gasteiger partial charge is 0.169 e. The van der Waals surface area contributed by atoms with Crippen molar-refractivity contribution in [2.45, 2.75) is 90.5 Å². The van der Waals surface area contributed by atoms with Gasteiger partial charge in [-0.05, 0) is 37.5 Å². The van der Waals surface area contributed by atoms with Crippen molar-refractivity contribution in [2.24, 2.45) is 17.8 Å². The summed E-state index contributed by atoms with van der Waals surface area (Å²) < 4.78 is 12.4. The van der Waals surface area contributed by atoms with Gasteiger partial charge in [-0.15, -0.1) is 0 Å². The van der Waals surface area contributed by atoms with Gasteiger partial charge in [-0.25, -0.2) is 0 Å². The van der Waals surface area contributed by atoms with Crippen molar-refractivity contribution in [3.63, 3.8) is 0 Å². The molecule has 2 aliphatic heterocycles. The zero-order valence-corrected chi connectivity index (χ0v) is 15.0. The predicted octanol–water partition coefficient (Wildman–Crippen LogP) is 2.28. The number of rotatable bonds is 4. The van der Waals surface area contributed by atoms with Gasteiger partial charge in [-0.1, -0.05) is 27.7 Å². The monoisotopic (exact) mass is 328 g/mol. The quantitative estimate of drug-likeness (QED) is 0.828. The van der Waals surface area contributed by atoms with E-state index in [9.17, 15) is 15.0 Å². The van der Waals surface area contributed by atoms with Gasteiger partial charge in [0, 0.05) is 12.8 Å². The minimum absolute atomic E-state index is 0.113. The molecule has 2 aliphatic rings. The molecule has 0 aliphatic carbocycles.